The lowest BCUT2D eigenvalue weighted by Gasteiger charge is -2.32. The van der Waals surface area contributed by atoms with Crippen molar-refractivity contribution in [1.29, 1.82) is 5.26 Å². The van der Waals surface area contributed by atoms with E-state index in [0.717, 1.165) is 31.0 Å². The van der Waals surface area contributed by atoms with Crippen LogP contribution in [0.15, 0.2) is 12.1 Å². The van der Waals surface area contributed by atoms with Crippen molar-refractivity contribution in [2.75, 3.05) is 25.0 Å². The molecule has 1 fully saturated rings. The normalized spacial score (nSPS) is 20.4. The number of piperidine rings is 1. The monoisotopic (exact) mass is 244 g/mol. The molecule has 2 rings (SSSR count). The van der Waals surface area contributed by atoms with Crippen molar-refractivity contribution >= 4 is 5.82 Å². The first kappa shape index (κ1) is 12.8. The minimum absolute atomic E-state index is 0.403. The van der Waals surface area contributed by atoms with Crippen LogP contribution in [-0.2, 0) is 0 Å². The first-order valence-corrected chi connectivity index (χ1v) is 6.59. The second-order valence-corrected chi connectivity index (χ2v) is 4.84. The zero-order valence-corrected chi connectivity index (χ0v) is 11.1. The van der Waals surface area contributed by atoms with Crippen molar-refractivity contribution in [2.24, 2.45) is 0 Å². The zero-order chi connectivity index (χ0) is 13.0. The van der Waals surface area contributed by atoms with Gasteiger partial charge in [-0.3, -0.25) is 0 Å². The van der Waals surface area contributed by atoms with Gasteiger partial charge in [0.15, 0.2) is 0 Å². The van der Waals surface area contributed by atoms with Gasteiger partial charge in [-0.15, -0.1) is 0 Å². The highest BCUT2D eigenvalue weighted by Crippen LogP contribution is 2.18. The van der Waals surface area contributed by atoms with Crippen molar-refractivity contribution in [3.8, 4) is 6.07 Å². The Morgan fingerprint density at radius 3 is 3.11 bits per heavy atom. The number of hydrogen-bond donors (Lipinski definition) is 1. The van der Waals surface area contributed by atoms with Crippen molar-refractivity contribution < 1.29 is 0 Å². The quantitative estimate of drug-likeness (QED) is 0.885. The Bertz CT molecular complexity index is 450. The average Bonchev–Trinajstić information content (AvgIpc) is 2.39. The van der Waals surface area contributed by atoms with Crippen LogP contribution < -0.4 is 5.32 Å². The molecule has 2 heterocycles. The maximum absolute atomic E-state index is 9.10. The molecule has 1 unspecified atom stereocenters. The molecule has 0 saturated carbocycles. The highest BCUT2D eigenvalue weighted by Gasteiger charge is 2.19. The Labute approximate surface area is 109 Å². The third-order valence-corrected chi connectivity index (χ3v) is 3.45. The zero-order valence-electron chi connectivity index (χ0n) is 11.1. The van der Waals surface area contributed by atoms with Crippen LogP contribution >= 0.6 is 0 Å². The summed E-state index contributed by atoms with van der Waals surface area (Å²) in [6.45, 7) is 7.45. The fourth-order valence-electron chi connectivity index (χ4n) is 2.41. The van der Waals surface area contributed by atoms with Crippen LogP contribution in [0.3, 0.4) is 0 Å². The van der Waals surface area contributed by atoms with E-state index < -0.39 is 0 Å². The molecule has 4 heteroatoms. The number of pyridine rings is 1. The van der Waals surface area contributed by atoms with Gasteiger partial charge in [0.25, 0.3) is 0 Å². The van der Waals surface area contributed by atoms with Gasteiger partial charge in [0, 0.05) is 18.3 Å². The summed E-state index contributed by atoms with van der Waals surface area (Å²) < 4.78 is 0. The number of nitrogens with zero attached hydrogens (tertiary/aromatic N) is 3. The van der Waals surface area contributed by atoms with Gasteiger partial charge in [-0.25, -0.2) is 4.98 Å². The van der Waals surface area contributed by atoms with Crippen LogP contribution in [0.1, 0.15) is 31.0 Å². The summed E-state index contributed by atoms with van der Waals surface area (Å²) in [5.74, 6) is 0.737. The summed E-state index contributed by atoms with van der Waals surface area (Å²) in [4.78, 5) is 6.87. The number of aryl methyl sites for hydroxylation is 1. The Morgan fingerprint density at radius 1 is 1.56 bits per heavy atom. The average molecular weight is 244 g/mol. The van der Waals surface area contributed by atoms with Gasteiger partial charge in [0.05, 0.1) is 5.56 Å². The standard InChI is InChI=1S/C14H20N4/c1-3-18-8-4-5-13(10-18)17-14-12(9-15)7-6-11(2)16-14/h6-7,13H,3-5,8,10H2,1-2H3,(H,16,17). The molecular formula is C14H20N4. The van der Waals surface area contributed by atoms with Crippen LogP contribution in [0.4, 0.5) is 5.82 Å². The van der Waals surface area contributed by atoms with E-state index in [0.29, 0.717) is 11.6 Å². The highest BCUT2D eigenvalue weighted by atomic mass is 15.2. The maximum atomic E-state index is 9.10. The van der Waals surface area contributed by atoms with E-state index in [1.54, 1.807) is 0 Å². The third kappa shape index (κ3) is 2.99. The van der Waals surface area contributed by atoms with Gasteiger partial charge in [-0.1, -0.05) is 6.92 Å². The molecule has 0 radical (unpaired) electrons. The molecule has 0 amide bonds. The lowest BCUT2D eigenvalue weighted by Crippen LogP contribution is -2.42. The van der Waals surface area contributed by atoms with Gasteiger partial charge >= 0.3 is 0 Å². The van der Waals surface area contributed by atoms with Gasteiger partial charge < -0.3 is 10.2 Å². The van der Waals surface area contributed by atoms with Gasteiger partial charge in [-0.05, 0) is 45.0 Å². The molecular weight excluding hydrogens is 224 g/mol. The summed E-state index contributed by atoms with van der Waals surface area (Å²) in [6, 6.07) is 6.32. The molecule has 1 N–H and O–H groups in total. The van der Waals surface area contributed by atoms with E-state index in [-0.39, 0.29) is 0 Å². The molecule has 1 aliphatic rings. The molecule has 1 saturated heterocycles. The van der Waals surface area contributed by atoms with E-state index in [2.05, 4.69) is 28.2 Å². The second-order valence-electron chi connectivity index (χ2n) is 4.84. The Morgan fingerprint density at radius 2 is 2.39 bits per heavy atom. The lowest BCUT2D eigenvalue weighted by atomic mass is 10.1. The van der Waals surface area contributed by atoms with E-state index >= 15 is 0 Å². The van der Waals surface area contributed by atoms with Gasteiger partial charge in [0.1, 0.15) is 11.9 Å². The maximum Gasteiger partial charge on any atom is 0.144 e. The van der Waals surface area contributed by atoms with Crippen LogP contribution in [0.5, 0.6) is 0 Å². The van der Waals surface area contributed by atoms with E-state index in [1.807, 2.05) is 19.1 Å². The number of likely N-dealkylation sites (tertiary alicyclic amines) is 1. The first-order valence-electron chi connectivity index (χ1n) is 6.59. The van der Waals surface area contributed by atoms with Crippen molar-refractivity contribution in [3.63, 3.8) is 0 Å². The number of nitrogens with one attached hydrogen (secondary N) is 1. The SMILES string of the molecule is CCN1CCCC(Nc2nc(C)ccc2C#N)C1. The molecule has 96 valence electrons. The molecule has 18 heavy (non-hydrogen) atoms. The van der Waals surface area contributed by atoms with Crippen molar-refractivity contribution in [3.05, 3.63) is 23.4 Å². The first-order chi connectivity index (χ1) is 8.72. The smallest absolute Gasteiger partial charge is 0.144 e. The van der Waals surface area contributed by atoms with E-state index in [1.165, 1.54) is 13.0 Å². The minimum atomic E-state index is 0.403. The number of hydrogen-bond acceptors (Lipinski definition) is 4. The Hall–Kier alpha value is -1.60. The lowest BCUT2D eigenvalue weighted by molar-refractivity contribution is 0.226. The van der Waals surface area contributed by atoms with Crippen LogP contribution in [-0.4, -0.2) is 35.6 Å². The fourth-order valence-corrected chi connectivity index (χ4v) is 2.41. The summed E-state index contributed by atoms with van der Waals surface area (Å²) in [5.41, 5.74) is 1.58. The fraction of sp³-hybridized carbons (Fsp3) is 0.571. The topological polar surface area (TPSA) is 52.0 Å². The van der Waals surface area contributed by atoms with E-state index in [9.17, 15) is 0 Å². The number of aromatic nitrogens is 1. The minimum Gasteiger partial charge on any atom is -0.365 e. The molecule has 0 bridgehead atoms. The predicted octanol–water partition coefficient (Wildman–Crippen LogP) is 2.16. The molecule has 0 aliphatic carbocycles. The Kier molecular flexibility index (Phi) is 4.16. The van der Waals surface area contributed by atoms with Crippen molar-refractivity contribution in [2.45, 2.75) is 32.7 Å². The molecule has 0 aromatic carbocycles. The van der Waals surface area contributed by atoms with Crippen LogP contribution in [0.2, 0.25) is 0 Å². The largest absolute Gasteiger partial charge is 0.365 e. The number of anilines is 1. The summed E-state index contributed by atoms with van der Waals surface area (Å²) in [6.07, 6.45) is 2.36. The van der Waals surface area contributed by atoms with Crippen LogP contribution in [0.25, 0.3) is 0 Å². The second kappa shape index (κ2) is 5.83. The molecule has 1 atom stereocenters. The number of nitriles is 1. The van der Waals surface area contributed by atoms with Gasteiger partial charge in [0.2, 0.25) is 0 Å². The van der Waals surface area contributed by atoms with Crippen LogP contribution in [0, 0.1) is 18.3 Å². The Balaban J connectivity index is 2.09. The predicted molar refractivity (Wildman–Crippen MR) is 72.4 cm³/mol. The number of rotatable bonds is 3. The molecule has 1 aliphatic heterocycles. The van der Waals surface area contributed by atoms with Crippen molar-refractivity contribution in [1.82, 2.24) is 9.88 Å². The van der Waals surface area contributed by atoms with E-state index in [4.69, 9.17) is 5.26 Å². The molecule has 4 nitrogen and oxygen atoms in total. The molecule has 1 aromatic rings. The highest BCUT2D eigenvalue weighted by molar-refractivity contribution is 5.52. The molecule has 0 spiro atoms. The summed E-state index contributed by atoms with van der Waals surface area (Å²) in [7, 11) is 0. The summed E-state index contributed by atoms with van der Waals surface area (Å²) >= 11 is 0. The molecule has 1 aromatic heterocycles. The summed E-state index contributed by atoms with van der Waals surface area (Å²) in [5, 5.41) is 12.5. The van der Waals surface area contributed by atoms with Gasteiger partial charge in [-0.2, -0.15) is 5.26 Å². The number of likely N-dealkylation sites (N-methyl/N-ethyl adjacent to an activating group) is 1. The third-order valence-electron chi connectivity index (χ3n) is 3.45.